The van der Waals surface area contributed by atoms with Crippen molar-refractivity contribution in [1.29, 1.82) is 0 Å². The lowest BCUT2D eigenvalue weighted by Gasteiger charge is -2.09. The first kappa shape index (κ1) is 12.2. The molecule has 0 fully saturated rings. The molecule has 0 N–H and O–H groups in total. The summed E-state index contributed by atoms with van der Waals surface area (Å²) in [5, 5.41) is 1.37. The summed E-state index contributed by atoms with van der Waals surface area (Å²) in [5.41, 5.74) is 4.12. The second-order valence-electron chi connectivity index (χ2n) is 5.16. The zero-order valence-electron chi connectivity index (χ0n) is 11.3. The van der Waals surface area contributed by atoms with Crippen LogP contribution in [0.3, 0.4) is 0 Å². The van der Waals surface area contributed by atoms with Gasteiger partial charge >= 0.3 is 0 Å². The van der Waals surface area contributed by atoms with Crippen LogP contribution in [0.25, 0.3) is 10.9 Å². The van der Waals surface area contributed by atoms with Crippen molar-refractivity contribution in [2.24, 2.45) is 7.05 Å². The molecule has 1 aromatic carbocycles. The van der Waals surface area contributed by atoms with E-state index in [0.29, 0.717) is 0 Å². The maximum absolute atomic E-state index is 2.33. The minimum Gasteiger partial charge on any atom is -0.348 e. The van der Waals surface area contributed by atoms with Crippen LogP contribution in [0.15, 0.2) is 24.3 Å². The molecule has 0 aliphatic heterocycles. The Morgan fingerprint density at radius 3 is 2.65 bits per heavy atom. The van der Waals surface area contributed by atoms with Gasteiger partial charge in [0, 0.05) is 23.6 Å². The van der Waals surface area contributed by atoms with Crippen molar-refractivity contribution >= 4 is 10.9 Å². The maximum Gasteiger partial charge on any atom is 0.0480 e. The molecule has 0 amide bonds. The third-order valence-electron chi connectivity index (χ3n) is 3.34. The summed E-state index contributed by atoms with van der Waals surface area (Å²) >= 11 is 0. The normalized spacial score (nSPS) is 11.6. The largest absolute Gasteiger partial charge is 0.348 e. The summed E-state index contributed by atoms with van der Waals surface area (Å²) in [6.07, 6.45) is 2.37. The lowest BCUT2D eigenvalue weighted by atomic mass is 10.1. The Balaban J connectivity index is 2.20. The predicted octanol–water partition coefficient (Wildman–Crippen LogP) is 2.98. The molecule has 0 unspecified atom stereocenters. The van der Waals surface area contributed by atoms with Crippen molar-refractivity contribution in [3.05, 3.63) is 35.5 Å². The summed E-state index contributed by atoms with van der Waals surface area (Å²) in [6, 6.07) is 9.01. The topological polar surface area (TPSA) is 8.17 Å². The van der Waals surface area contributed by atoms with Crippen LogP contribution in [0, 0.1) is 6.92 Å². The summed E-state index contributed by atoms with van der Waals surface area (Å²) < 4.78 is 2.32. The van der Waals surface area contributed by atoms with Gasteiger partial charge in [-0.3, -0.25) is 0 Å². The molecule has 2 nitrogen and oxygen atoms in total. The molecule has 0 radical (unpaired) electrons. The first-order valence-corrected chi connectivity index (χ1v) is 6.27. The van der Waals surface area contributed by atoms with Crippen LogP contribution in [0.1, 0.15) is 17.7 Å². The highest BCUT2D eigenvalue weighted by molar-refractivity contribution is 5.82. The van der Waals surface area contributed by atoms with Gasteiger partial charge in [0.05, 0.1) is 0 Å². The fourth-order valence-corrected chi connectivity index (χ4v) is 2.34. The van der Waals surface area contributed by atoms with E-state index >= 15 is 0 Å². The first-order chi connectivity index (χ1) is 8.08. The minimum absolute atomic E-state index is 1.15. The molecule has 2 rings (SSSR count). The fourth-order valence-electron chi connectivity index (χ4n) is 2.34. The molecule has 1 heterocycles. The monoisotopic (exact) mass is 230 g/mol. The van der Waals surface area contributed by atoms with Crippen LogP contribution in [0.5, 0.6) is 0 Å². The molecule has 92 valence electrons. The molecule has 0 spiro atoms. The zero-order valence-corrected chi connectivity index (χ0v) is 11.3. The van der Waals surface area contributed by atoms with Gasteiger partial charge in [-0.1, -0.05) is 11.6 Å². The average Bonchev–Trinajstić information content (AvgIpc) is 2.55. The summed E-state index contributed by atoms with van der Waals surface area (Å²) in [4.78, 5) is 2.24. The van der Waals surface area contributed by atoms with Crippen LogP contribution in [0.4, 0.5) is 0 Å². The number of rotatable bonds is 4. The lowest BCUT2D eigenvalue weighted by molar-refractivity contribution is 0.399. The van der Waals surface area contributed by atoms with Crippen molar-refractivity contribution in [3.8, 4) is 0 Å². The Kier molecular flexibility index (Phi) is 3.53. The van der Waals surface area contributed by atoms with Gasteiger partial charge in [0.2, 0.25) is 0 Å². The molecule has 0 saturated carbocycles. The number of benzene rings is 1. The van der Waals surface area contributed by atoms with Gasteiger partial charge in [0.15, 0.2) is 0 Å². The van der Waals surface area contributed by atoms with E-state index in [1.165, 1.54) is 28.6 Å². The lowest BCUT2D eigenvalue weighted by Crippen LogP contribution is -2.14. The smallest absolute Gasteiger partial charge is 0.0480 e. The van der Waals surface area contributed by atoms with Gasteiger partial charge < -0.3 is 9.47 Å². The van der Waals surface area contributed by atoms with E-state index in [1.807, 2.05) is 0 Å². The second-order valence-corrected chi connectivity index (χ2v) is 5.16. The Hall–Kier alpha value is -1.28. The van der Waals surface area contributed by atoms with E-state index in [-0.39, 0.29) is 0 Å². The van der Waals surface area contributed by atoms with Crippen LogP contribution in [-0.4, -0.2) is 30.1 Å². The molecular weight excluding hydrogens is 208 g/mol. The van der Waals surface area contributed by atoms with Gasteiger partial charge in [-0.2, -0.15) is 0 Å². The Morgan fingerprint density at radius 2 is 1.94 bits per heavy atom. The number of aromatic nitrogens is 1. The molecular formula is C15H22N2. The zero-order chi connectivity index (χ0) is 12.4. The van der Waals surface area contributed by atoms with Crippen molar-refractivity contribution in [1.82, 2.24) is 9.47 Å². The van der Waals surface area contributed by atoms with Gasteiger partial charge in [0.1, 0.15) is 0 Å². The third kappa shape index (κ3) is 2.70. The molecule has 0 saturated heterocycles. The van der Waals surface area contributed by atoms with Crippen molar-refractivity contribution in [2.45, 2.75) is 19.8 Å². The number of fused-ring (bicyclic) bond motifs is 1. The molecule has 17 heavy (non-hydrogen) atoms. The molecule has 1 aromatic heterocycles. The summed E-state index contributed by atoms with van der Waals surface area (Å²) in [7, 11) is 6.43. The van der Waals surface area contributed by atoms with E-state index in [1.54, 1.807) is 0 Å². The van der Waals surface area contributed by atoms with E-state index in [9.17, 15) is 0 Å². The number of nitrogens with zero attached hydrogens (tertiary/aromatic N) is 2. The first-order valence-electron chi connectivity index (χ1n) is 6.27. The van der Waals surface area contributed by atoms with Crippen LogP contribution >= 0.6 is 0 Å². The SMILES string of the molecule is Cc1ccc2c(c1)cc(CCCN(C)C)n2C. The van der Waals surface area contributed by atoms with Crippen LogP contribution in [0.2, 0.25) is 0 Å². The summed E-state index contributed by atoms with van der Waals surface area (Å²) in [6.45, 7) is 3.30. The van der Waals surface area contributed by atoms with Gasteiger partial charge in [-0.15, -0.1) is 0 Å². The third-order valence-corrected chi connectivity index (χ3v) is 3.34. The van der Waals surface area contributed by atoms with E-state index < -0.39 is 0 Å². The van der Waals surface area contributed by atoms with Gasteiger partial charge in [-0.25, -0.2) is 0 Å². The Morgan fingerprint density at radius 1 is 1.18 bits per heavy atom. The minimum atomic E-state index is 1.15. The average molecular weight is 230 g/mol. The number of hydrogen-bond acceptors (Lipinski definition) is 1. The van der Waals surface area contributed by atoms with Crippen LogP contribution < -0.4 is 0 Å². The van der Waals surface area contributed by atoms with E-state index in [4.69, 9.17) is 0 Å². The predicted molar refractivity (Wildman–Crippen MR) is 74.5 cm³/mol. The quantitative estimate of drug-likeness (QED) is 0.784. The molecule has 0 aliphatic rings. The molecule has 2 heteroatoms. The Bertz CT molecular complexity index is 509. The highest BCUT2D eigenvalue weighted by atomic mass is 15.0. The van der Waals surface area contributed by atoms with Crippen molar-refractivity contribution < 1.29 is 0 Å². The fraction of sp³-hybridized carbons (Fsp3) is 0.467. The number of aryl methyl sites for hydroxylation is 3. The van der Waals surface area contributed by atoms with Crippen molar-refractivity contribution in [2.75, 3.05) is 20.6 Å². The van der Waals surface area contributed by atoms with Crippen molar-refractivity contribution in [3.63, 3.8) is 0 Å². The highest BCUT2D eigenvalue weighted by Gasteiger charge is 2.05. The molecule has 0 bridgehead atoms. The van der Waals surface area contributed by atoms with E-state index in [2.05, 4.69) is 61.8 Å². The Labute approximate surface area is 104 Å². The van der Waals surface area contributed by atoms with E-state index in [0.717, 1.165) is 13.0 Å². The number of hydrogen-bond donors (Lipinski definition) is 0. The highest BCUT2D eigenvalue weighted by Crippen LogP contribution is 2.20. The maximum atomic E-state index is 2.33. The molecule has 0 aliphatic carbocycles. The second kappa shape index (κ2) is 4.92. The molecule has 2 aromatic rings. The standard InChI is InChI=1S/C15H22N2/c1-12-7-8-15-13(10-12)11-14(17(15)4)6-5-9-16(2)3/h7-8,10-11H,5-6,9H2,1-4H3. The van der Waals surface area contributed by atoms with Crippen LogP contribution in [-0.2, 0) is 13.5 Å². The molecule has 0 atom stereocenters. The summed E-state index contributed by atoms with van der Waals surface area (Å²) in [5.74, 6) is 0. The van der Waals surface area contributed by atoms with Gasteiger partial charge in [0.25, 0.3) is 0 Å². The van der Waals surface area contributed by atoms with Gasteiger partial charge in [-0.05, 0) is 58.6 Å².